The summed E-state index contributed by atoms with van der Waals surface area (Å²) in [6.07, 6.45) is 0. The van der Waals surface area contributed by atoms with Crippen LogP contribution in [0.15, 0.2) is 0 Å². The lowest BCUT2D eigenvalue weighted by atomic mass is 10.3. The van der Waals surface area contributed by atoms with E-state index in [-0.39, 0.29) is 6.61 Å². The quantitative estimate of drug-likeness (QED) is 0.625. The maximum Gasteiger partial charge on any atom is 0.469 e. The van der Waals surface area contributed by atoms with Gasteiger partial charge in [-0.05, 0) is 20.9 Å². The first-order valence-electron chi connectivity index (χ1n) is 3.73. The molecule has 0 heterocycles. The minimum Gasteiger partial charge on any atom is -0.303 e. The summed E-state index contributed by atoms with van der Waals surface area (Å²) in [5.74, 6) is 0. The van der Waals surface area contributed by atoms with Gasteiger partial charge in [0.15, 0.2) is 0 Å². The molecule has 0 saturated heterocycles. The molecular formula is C6H16NO4P. The van der Waals surface area contributed by atoms with E-state index in [1.807, 2.05) is 25.8 Å². The molecule has 2 N–H and O–H groups in total. The fraction of sp³-hybridized carbons (Fsp3) is 1.00. The van der Waals surface area contributed by atoms with Gasteiger partial charge < -0.3 is 14.7 Å². The summed E-state index contributed by atoms with van der Waals surface area (Å²) in [5.41, 5.74) is 0. The minimum absolute atomic E-state index is 0.0545. The summed E-state index contributed by atoms with van der Waals surface area (Å²) in [6, 6.07) is 0.352. The van der Waals surface area contributed by atoms with Crippen LogP contribution >= 0.6 is 7.82 Å². The van der Waals surface area contributed by atoms with Crippen molar-refractivity contribution >= 4 is 7.82 Å². The summed E-state index contributed by atoms with van der Waals surface area (Å²) in [5, 5.41) is 0. The van der Waals surface area contributed by atoms with Crippen molar-refractivity contribution in [1.82, 2.24) is 4.90 Å². The van der Waals surface area contributed by atoms with Crippen LogP contribution in [0.3, 0.4) is 0 Å². The summed E-state index contributed by atoms with van der Waals surface area (Å²) in [4.78, 5) is 18.6. The number of rotatable bonds is 5. The Labute approximate surface area is 72.6 Å². The van der Waals surface area contributed by atoms with E-state index < -0.39 is 7.82 Å². The Hall–Kier alpha value is 0.0700. The van der Waals surface area contributed by atoms with E-state index in [0.717, 1.165) is 0 Å². The van der Waals surface area contributed by atoms with Gasteiger partial charge in [-0.3, -0.25) is 4.52 Å². The van der Waals surface area contributed by atoms with Gasteiger partial charge in [0.2, 0.25) is 0 Å². The molecule has 0 aliphatic heterocycles. The van der Waals surface area contributed by atoms with Crippen molar-refractivity contribution < 1.29 is 18.9 Å². The van der Waals surface area contributed by atoms with Crippen LogP contribution in [0.1, 0.15) is 13.8 Å². The fourth-order valence-corrected chi connectivity index (χ4v) is 0.881. The zero-order valence-corrected chi connectivity index (χ0v) is 8.49. The van der Waals surface area contributed by atoms with Gasteiger partial charge in [-0.1, -0.05) is 0 Å². The molecule has 0 aromatic carbocycles. The van der Waals surface area contributed by atoms with E-state index in [1.54, 1.807) is 0 Å². The molecule has 0 aliphatic carbocycles. The number of phosphoric ester groups is 1. The van der Waals surface area contributed by atoms with Crippen LogP contribution in [-0.4, -0.2) is 40.9 Å². The maximum atomic E-state index is 10.2. The largest absolute Gasteiger partial charge is 0.469 e. The third kappa shape index (κ3) is 6.76. The average molecular weight is 197 g/mol. The van der Waals surface area contributed by atoms with Gasteiger partial charge in [-0.25, -0.2) is 4.57 Å². The molecule has 0 radical (unpaired) electrons. The highest BCUT2D eigenvalue weighted by molar-refractivity contribution is 7.46. The number of likely N-dealkylation sites (N-methyl/N-ethyl adjacent to an activating group) is 1. The molecule has 12 heavy (non-hydrogen) atoms. The topological polar surface area (TPSA) is 70.0 Å². The fourth-order valence-electron chi connectivity index (χ4n) is 0.562. The first-order chi connectivity index (χ1) is 5.33. The third-order valence-electron chi connectivity index (χ3n) is 1.59. The molecule has 0 rings (SSSR count). The molecule has 74 valence electrons. The molecule has 0 atom stereocenters. The summed E-state index contributed by atoms with van der Waals surface area (Å²) >= 11 is 0. The zero-order chi connectivity index (χ0) is 9.78. The van der Waals surface area contributed by atoms with E-state index >= 15 is 0 Å². The van der Waals surface area contributed by atoms with Crippen molar-refractivity contribution in [3.63, 3.8) is 0 Å². The molecule has 0 saturated carbocycles. The Morgan fingerprint density at radius 2 is 2.00 bits per heavy atom. The Balaban J connectivity index is 3.51. The lowest BCUT2D eigenvalue weighted by molar-refractivity contribution is 0.160. The Morgan fingerprint density at radius 1 is 1.50 bits per heavy atom. The first kappa shape index (κ1) is 12.1. The summed E-state index contributed by atoms with van der Waals surface area (Å²) < 4.78 is 14.5. The predicted octanol–water partition coefficient (Wildman–Crippen LogP) is 0.436. The van der Waals surface area contributed by atoms with Crippen molar-refractivity contribution in [3.05, 3.63) is 0 Å². The van der Waals surface area contributed by atoms with E-state index in [4.69, 9.17) is 9.79 Å². The summed E-state index contributed by atoms with van der Waals surface area (Å²) in [6.45, 7) is 4.57. The SMILES string of the molecule is CC(C)N(C)CCOP(=O)(O)O. The van der Waals surface area contributed by atoms with Crippen molar-refractivity contribution in [2.75, 3.05) is 20.2 Å². The average Bonchev–Trinajstić information content (AvgIpc) is 1.84. The molecule has 0 aromatic rings. The molecule has 0 spiro atoms. The van der Waals surface area contributed by atoms with Gasteiger partial charge in [0.05, 0.1) is 6.61 Å². The minimum atomic E-state index is -4.28. The number of hydrogen-bond acceptors (Lipinski definition) is 3. The van der Waals surface area contributed by atoms with E-state index in [9.17, 15) is 4.57 Å². The normalized spacial score (nSPS) is 12.9. The molecule has 6 heteroatoms. The second-order valence-electron chi connectivity index (χ2n) is 2.90. The van der Waals surface area contributed by atoms with Crippen molar-refractivity contribution in [2.45, 2.75) is 19.9 Å². The van der Waals surface area contributed by atoms with Crippen LogP contribution in [0.5, 0.6) is 0 Å². The van der Waals surface area contributed by atoms with Crippen molar-refractivity contribution in [3.8, 4) is 0 Å². The Kier molecular flexibility index (Phi) is 4.97. The molecule has 0 bridgehead atoms. The second-order valence-corrected chi connectivity index (χ2v) is 4.14. The van der Waals surface area contributed by atoms with Crippen molar-refractivity contribution in [2.24, 2.45) is 0 Å². The zero-order valence-electron chi connectivity index (χ0n) is 7.60. The Morgan fingerprint density at radius 3 is 2.33 bits per heavy atom. The van der Waals surface area contributed by atoms with Crippen molar-refractivity contribution in [1.29, 1.82) is 0 Å². The number of phosphoric acid groups is 1. The van der Waals surface area contributed by atoms with Crippen LogP contribution in [0.2, 0.25) is 0 Å². The smallest absolute Gasteiger partial charge is 0.303 e. The van der Waals surface area contributed by atoms with Crippen LogP contribution in [0, 0.1) is 0 Å². The molecule has 0 fully saturated rings. The lowest BCUT2D eigenvalue weighted by Crippen LogP contribution is -2.29. The van der Waals surface area contributed by atoms with Gasteiger partial charge in [-0.15, -0.1) is 0 Å². The second kappa shape index (κ2) is 4.94. The molecule has 0 amide bonds. The van der Waals surface area contributed by atoms with Crippen LogP contribution in [0.4, 0.5) is 0 Å². The van der Waals surface area contributed by atoms with E-state index in [0.29, 0.717) is 12.6 Å². The van der Waals surface area contributed by atoms with Gasteiger partial charge in [0.25, 0.3) is 0 Å². The highest BCUT2D eigenvalue weighted by Crippen LogP contribution is 2.35. The van der Waals surface area contributed by atoms with Crippen LogP contribution in [0.25, 0.3) is 0 Å². The molecule has 0 aromatic heterocycles. The molecular weight excluding hydrogens is 181 g/mol. The first-order valence-corrected chi connectivity index (χ1v) is 5.26. The van der Waals surface area contributed by atoms with E-state index in [2.05, 4.69) is 4.52 Å². The summed E-state index contributed by atoms with van der Waals surface area (Å²) in [7, 11) is -2.41. The van der Waals surface area contributed by atoms with Gasteiger partial charge in [0.1, 0.15) is 0 Å². The molecule has 0 unspecified atom stereocenters. The Bertz CT molecular complexity index is 167. The van der Waals surface area contributed by atoms with Crippen LogP contribution < -0.4 is 0 Å². The lowest BCUT2D eigenvalue weighted by Gasteiger charge is -2.20. The highest BCUT2D eigenvalue weighted by atomic mass is 31.2. The van der Waals surface area contributed by atoms with Gasteiger partial charge in [0, 0.05) is 12.6 Å². The molecule has 0 aliphatic rings. The maximum absolute atomic E-state index is 10.2. The number of hydrogen-bond donors (Lipinski definition) is 2. The van der Waals surface area contributed by atoms with Gasteiger partial charge >= 0.3 is 7.82 Å². The monoisotopic (exact) mass is 197 g/mol. The molecule has 5 nitrogen and oxygen atoms in total. The number of nitrogens with zero attached hydrogens (tertiary/aromatic N) is 1. The van der Waals surface area contributed by atoms with Gasteiger partial charge in [-0.2, -0.15) is 0 Å². The standard InChI is InChI=1S/C6H16NO4P/c1-6(2)7(3)4-5-11-12(8,9)10/h6H,4-5H2,1-3H3,(H2,8,9,10). The highest BCUT2D eigenvalue weighted by Gasteiger charge is 2.13. The van der Waals surface area contributed by atoms with Crippen LogP contribution in [-0.2, 0) is 9.09 Å². The third-order valence-corrected chi connectivity index (χ3v) is 2.10. The predicted molar refractivity (Wildman–Crippen MR) is 45.8 cm³/mol. The van der Waals surface area contributed by atoms with E-state index in [1.165, 1.54) is 0 Å².